The lowest BCUT2D eigenvalue weighted by atomic mass is 9.82. The van der Waals surface area contributed by atoms with Gasteiger partial charge in [0.25, 0.3) is 0 Å². The highest BCUT2D eigenvalue weighted by molar-refractivity contribution is 5.88. The van der Waals surface area contributed by atoms with Crippen molar-refractivity contribution in [3.05, 3.63) is 29.3 Å². The van der Waals surface area contributed by atoms with Gasteiger partial charge in [-0.05, 0) is 30.4 Å². The van der Waals surface area contributed by atoms with Gasteiger partial charge in [-0.15, -0.1) is 0 Å². The second-order valence-electron chi connectivity index (χ2n) is 4.82. The number of benzene rings is 1. The summed E-state index contributed by atoms with van der Waals surface area (Å²) >= 11 is 0. The quantitative estimate of drug-likeness (QED) is 0.780. The van der Waals surface area contributed by atoms with Crippen LogP contribution in [0.2, 0.25) is 0 Å². The number of para-hydroxylation sites is 1. The fourth-order valence-corrected chi connectivity index (χ4v) is 2.97. The zero-order chi connectivity index (χ0) is 11.0. The van der Waals surface area contributed by atoms with Gasteiger partial charge in [0, 0.05) is 24.6 Å². The summed E-state index contributed by atoms with van der Waals surface area (Å²) in [4.78, 5) is 12.0. The van der Waals surface area contributed by atoms with Crippen LogP contribution < -0.4 is 5.32 Å². The summed E-state index contributed by atoms with van der Waals surface area (Å²) in [6, 6.07) is 6.40. The summed E-state index contributed by atoms with van der Waals surface area (Å²) in [6.07, 6.45) is 5.19. The molecule has 1 atom stereocenters. The average Bonchev–Trinajstić information content (AvgIpc) is 2.77. The van der Waals surface area contributed by atoms with Crippen molar-refractivity contribution in [2.45, 2.75) is 38.0 Å². The summed E-state index contributed by atoms with van der Waals surface area (Å²) in [6.45, 7) is 1.02. The Hall–Kier alpha value is -1.31. The molecule has 0 amide bonds. The minimum atomic E-state index is 0.161. The van der Waals surface area contributed by atoms with Crippen LogP contribution >= 0.6 is 0 Å². The van der Waals surface area contributed by atoms with E-state index in [2.05, 4.69) is 23.5 Å². The van der Waals surface area contributed by atoms with Crippen molar-refractivity contribution in [2.24, 2.45) is 0 Å². The lowest BCUT2D eigenvalue weighted by Crippen LogP contribution is -2.18. The normalized spacial score (nSPS) is 24.0. The van der Waals surface area contributed by atoms with E-state index in [1.54, 1.807) is 0 Å². The number of carbonyl (C=O) groups is 1. The molecule has 84 valence electrons. The van der Waals surface area contributed by atoms with Crippen LogP contribution in [0.15, 0.2) is 18.2 Å². The van der Waals surface area contributed by atoms with Crippen LogP contribution in [0.5, 0.6) is 0 Å². The van der Waals surface area contributed by atoms with Gasteiger partial charge in [0.05, 0.1) is 0 Å². The van der Waals surface area contributed by atoms with E-state index in [1.165, 1.54) is 23.2 Å². The maximum atomic E-state index is 12.0. The van der Waals surface area contributed by atoms with Crippen molar-refractivity contribution in [3.63, 3.8) is 0 Å². The Labute approximate surface area is 96.1 Å². The van der Waals surface area contributed by atoms with Gasteiger partial charge in [0.1, 0.15) is 5.78 Å². The Bertz CT molecular complexity index is 425. The molecule has 2 aliphatic rings. The van der Waals surface area contributed by atoms with E-state index in [4.69, 9.17) is 0 Å². The zero-order valence-corrected chi connectivity index (χ0v) is 9.46. The molecule has 1 aromatic rings. The number of nitrogens with one attached hydrogen (secondary N) is 1. The maximum Gasteiger partial charge on any atom is 0.140 e. The first-order valence-electron chi connectivity index (χ1n) is 6.24. The Morgan fingerprint density at radius 3 is 3.00 bits per heavy atom. The van der Waals surface area contributed by atoms with E-state index >= 15 is 0 Å². The smallest absolute Gasteiger partial charge is 0.140 e. The molecule has 0 radical (unpaired) electrons. The molecule has 1 aliphatic heterocycles. The number of carbonyl (C=O) groups excluding carboxylic acids is 1. The Morgan fingerprint density at radius 1 is 1.19 bits per heavy atom. The number of Topliss-reactive ketones (excluding diaryl/α,β-unsaturated/α-hetero) is 1. The van der Waals surface area contributed by atoms with Gasteiger partial charge < -0.3 is 5.32 Å². The SMILES string of the molecule is O=C1CCCCC1c1cccc2c1NCC2. The molecule has 1 saturated carbocycles. The zero-order valence-electron chi connectivity index (χ0n) is 9.46. The molecule has 1 unspecified atom stereocenters. The molecular weight excluding hydrogens is 198 g/mol. The Morgan fingerprint density at radius 2 is 2.12 bits per heavy atom. The Balaban J connectivity index is 1.99. The Kier molecular flexibility index (Phi) is 2.43. The third kappa shape index (κ3) is 1.53. The van der Waals surface area contributed by atoms with Crippen molar-refractivity contribution < 1.29 is 4.79 Å². The molecule has 0 saturated heterocycles. The monoisotopic (exact) mass is 215 g/mol. The molecule has 0 spiro atoms. The summed E-state index contributed by atoms with van der Waals surface area (Å²) in [5.41, 5.74) is 3.89. The second-order valence-corrected chi connectivity index (χ2v) is 4.82. The van der Waals surface area contributed by atoms with Gasteiger partial charge in [-0.3, -0.25) is 4.79 Å². The van der Waals surface area contributed by atoms with Crippen molar-refractivity contribution in [1.82, 2.24) is 0 Å². The molecule has 1 fully saturated rings. The fraction of sp³-hybridized carbons (Fsp3) is 0.500. The summed E-state index contributed by atoms with van der Waals surface area (Å²) < 4.78 is 0. The maximum absolute atomic E-state index is 12.0. The molecule has 16 heavy (non-hydrogen) atoms. The van der Waals surface area contributed by atoms with Crippen LogP contribution in [0.3, 0.4) is 0 Å². The fourth-order valence-electron chi connectivity index (χ4n) is 2.97. The molecule has 3 rings (SSSR count). The average molecular weight is 215 g/mol. The van der Waals surface area contributed by atoms with Crippen molar-refractivity contribution >= 4 is 11.5 Å². The first-order valence-corrected chi connectivity index (χ1v) is 6.24. The number of hydrogen-bond acceptors (Lipinski definition) is 2. The summed E-state index contributed by atoms with van der Waals surface area (Å²) in [7, 11) is 0. The molecule has 2 nitrogen and oxygen atoms in total. The highest BCUT2D eigenvalue weighted by atomic mass is 16.1. The van der Waals surface area contributed by atoms with E-state index in [-0.39, 0.29) is 5.92 Å². The van der Waals surface area contributed by atoms with Crippen LogP contribution in [0, 0.1) is 0 Å². The van der Waals surface area contributed by atoms with E-state index in [0.717, 1.165) is 32.2 Å². The molecule has 1 heterocycles. The van der Waals surface area contributed by atoms with E-state index in [0.29, 0.717) is 5.78 Å². The molecule has 2 heteroatoms. The van der Waals surface area contributed by atoms with Crippen LogP contribution in [0.1, 0.15) is 42.7 Å². The highest BCUT2D eigenvalue weighted by Gasteiger charge is 2.27. The molecule has 1 aromatic carbocycles. The predicted molar refractivity (Wildman–Crippen MR) is 64.9 cm³/mol. The third-order valence-corrected chi connectivity index (χ3v) is 3.81. The van der Waals surface area contributed by atoms with Gasteiger partial charge in [-0.25, -0.2) is 0 Å². The standard InChI is InChI=1S/C14H17NO/c16-13-7-2-1-5-11(13)12-6-3-4-10-8-9-15-14(10)12/h3-4,6,11,15H,1-2,5,7-9H2. The number of hydrogen-bond donors (Lipinski definition) is 1. The minimum absolute atomic E-state index is 0.161. The van der Waals surface area contributed by atoms with Gasteiger partial charge in [0.2, 0.25) is 0 Å². The number of fused-ring (bicyclic) bond motifs is 1. The van der Waals surface area contributed by atoms with Crippen molar-refractivity contribution in [3.8, 4) is 0 Å². The molecule has 1 N–H and O–H groups in total. The van der Waals surface area contributed by atoms with E-state index < -0.39 is 0 Å². The molecule has 0 bridgehead atoms. The first-order chi connectivity index (χ1) is 7.86. The highest BCUT2D eigenvalue weighted by Crippen LogP contribution is 2.37. The van der Waals surface area contributed by atoms with E-state index in [9.17, 15) is 4.79 Å². The van der Waals surface area contributed by atoms with Crippen LogP contribution in [-0.4, -0.2) is 12.3 Å². The van der Waals surface area contributed by atoms with Gasteiger partial charge >= 0.3 is 0 Å². The largest absolute Gasteiger partial charge is 0.384 e. The van der Waals surface area contributed by atoms with Crippen LogP contribution in [0.25, 0.3) is 0 Å². The van der Waals surface area contributed by atoms with Crippen molar-refractivity contribution in [2.75, 3.05) is 11.9 Å². The summed E-state index contributed by atoms with van der Waals surface area (Å²) in [5.74, 6) is 0.600. The molecule has 0 aromatic heterocycles. The lowest BCUT2D eigenvalue weighted by molar-refractivity contribution is -0.121. The lowest BCUT2D eigenvalue weighted by Gasteiger charge is -2.23. The van der Waals surface area contributed by atoms with Crippen LogP contribution in [0.4, 0.5) is 5.69 Å². The summed E-state index contributed by atoms with van der Waals surface area (Å²) in [5, 5.41) is 3.43. The van der Waals surface area contributed by atoms with Gasteiger partial charge in [-0.1, -0.05) is 24.6 Å². The number of rotatable bonds is 1. The molecular formula is C14H17NO. The van der Waals surface area contributed by atoms with E-state index in [1.807, 2.05) is 0 Å². The van der Waals surface area contributed by atoms with Crippen LogP contribution in [-0.2, 0) is 11.2 Å². The minimum Gasteiger partial charge on any atom is -0.384 e. The third-order valence-electron chi connectivity index (χ3n) is 3.81. The predicted octanol–water partition coefficient (Wildman–Crippen LogP) is 2.88. The van der Waals surface area contributed by atoms with Gasteiger partial charge in [0.15, 0.2) is 0 Å². The second kappa shape index (κ2) is 3.93. The topological polar surface area (TPSA) is 29.1 Å². The first kappa shape index (κ1) is 9.88. The number of ketones is 1. The van der Waals surface area contributed by atoms with Gasteiger partial charge in [-0.2, -0.15) is 0 Å². The number of anilines is 1. The van der Waals surface area contributed by atoms with Crippen molar-refractivity contribution in [1.29, 1.82) is 0 Å². The molecule has 1 aliphatic carbocycles.